The molecule has 4 saturated heterocycles. The van der Waals surface area contributed by atoms with Gasteiger partial charge >= 0.3 is 6.03 Å². The first-order valence-corrected chi connectivity index (χ1v) is 9.53. The number of urea groups is 1. The first kappa shape index (κ1) is 15.2. The van der Waals surface area contributed by atoms with E-state index in [0.717, 1.165) is 55.0 Å². The van der Waals surface area contributed by atoms with Crippen molar-refractivity contribution in [3.8, 4) is 0 Å². The van der Waals surface area contributed by atoms with Crippen molar-refractivity contribution >= 4 is 22.6 Å². The largest absolute Gasteiger partial charge is 0.325 e. The highest BCUT2D eigenvalue weighted by atomic mass is 16.2. The molecule has 2 aromatic rings. The van der Waals surface area contributed by atoms with Gasteiger partial charge in [-0.3, -0.25) is 4.68 Å². The molecule has 1 aromatic heterocycles. The Kier molecular flexibility index (Phi) is 3.66. The Morgan fingerprint density at radius 2 is 1.92 bits per heavy atom. The third-order valence-corrected chi connectivity index (χ3v) is 6.18. The molecule has 4 fully saturated rings. The Balaban J connectivity index is 1.42. The third-order valence-electron chi connectivity index (χ3n) is 6.18. The smallest absolute Gasteiger partial charge is 0.321 e. The van der Waals surface area contributed by atoms with E-state index < -0.39 is 0 Å². The maximum atomic E-state index is 12.4. The van der Waals surface area contributed by atoms with E-state index in [0.29, 0.717) is 6.04 Å². The number of piperidine rings is 3. The van der Waals surface area contributed by atoms with Crippen molar-refractivity contribution in [1.29, 1.82) is 0 Å². The van der Waals surface area contributed by atoms with Crippen molar-refractivity contribution in [3.63, 3.8) is 0 Å². The molecule has 4 aliphatic heterocycles. The van der Waals surface area contributed by atoms with E-state index in [1.54, 1.807) is 0 Å². The molecule has 6 nitrogen and oxygen atoms in total. The fraction of sp³-hybridized carbons (Fsp3) is 0.579. The maximum absolute atomic E-state index is 12.4. The zero-order valence-electron chi connectivity index (χ0n) is 14.5. The predicted octanol–water partition coefficient (Wildman–Crippen LogP) is 2.93. The number of carbonyl (C=O) groups is 1. The molecule has 0 saturated carbocycles. The van der Waals surface area contributed by atoms with Crippen molar-refractivity contribution in [2.45, 2.75) is 31.7 Å². The molecule has 5 heterocycles. The molecule has 6 heteroatoms. The van der Waals surface area contributed by atoms with E-state index in [1.807, 2.05) is 17.2 Å². The van der Waals surface area contributed by atoms with E-state index in [4.69, 9.17) is 5.10 Å². The van der Waals surface area contributed by atoms with Crippen LogP contribution in [0.2, 0.25) is 0 Å². The average Bonchev–Trinajstić information content (AvgIpc) is 3.32. The summed E-state index contributed by atoms with van der Waals surface area (Å²) in [5.74, 6) is 0.732. The summed E-state index contributed by atoms with van der Waals surface area (Å²) in [6.45, 7) is 5.30. The Hall–Kier alpha value is -2.08. The monoisotopic (exact) mass is 339 g/mol. The molecule has 2 bridgehead atoms. The van der Waals surface area contributed by atoms with E-state index in [2.05, 4.69) is 27.0 Å². The van der Waals surface area contributed by atoms with Crippen LogP contribution in [0.25, 0.3) is 10.9 Å². The van der Waals surface area contributed by atoms with Crippen LogP contribution in [-0.2, 0) is 0 Å². The van der Waals surface area contributed by atoms with Crippen LogP contribution in [-0.4, -0.2) is 58.3 Å². The highest BCUT2D eigenvalue weighted by Gasteiger charge is 2.36. The van der Waals surface area contributed by atoms with E-state index in [9.17, 15) is 4.79 Å². The molecule has 1 atom stereocenters. The highest BCUT2D eigenvalue weighted by molar-refractivity contribution is 5.92. The number of likely N-dealkylation sites (tertiary alicyclic amines) is 1. The van der Waals surface area contributed by atoms with Gasteiger partial charge in [-0.15, -0.1) is 0 Å². The second-order valence-electron chi connectivity index (χ2n) is 7.69. The van der Waals surface area contributed by atoms with Gasteiger partial charge in [0.15, 0.2) is 0 Å². The summed E-state index contributed by atoms with van der Waals surface area (Å²) in [6.07, 6.45) is 6.73. The van der Waals surface area contributed by atoms with Crippen LogP contribution in [0.5, 0.6) is 0 Å². The van der Waals surface area contributed by atoms with Gasteiger partial charge in [-0.25, -0.2) is 4.79 Å². The number of nitrogens with one attached hydrogen (secondary N) is 1. The Morgan fingerprint density at radius 1 is 1.12 bits per heavy atom. The molecule has 132 valence electrons. The van der Waals surface area contributed by atoms with Crippen molar-refractivity contribution in [2.75, 3.05) is 38.0 Å². The van der Waals surface area contributed by atoms with Crippen LogP contribution >= 0.6 is 0 Å². The Morgan fingerprint density at radius 3 is 2.64 bits per heavy atom. The van der Waals surface area contributed by atoms with Crippen molar-refractivity contribution < 1.29 is 4.79 Å². The molecule has 0 aliphatic carbocycles. The number of rotatable bonds is 2. The van der Waals surface area contributed by atoms with Crippen LogP contribution in [0.1, 0.15) is 31.7 Å². The van der Waals surface area contributed by atoms with Crippen molar-refractivity contribution in [3.05, 3.63) is 24.4 Å². The molecule has 6 rings (SSSR count). The van der Waals surface area contributed by atoms with E-state index >= 15 is 0 Å². The SMILES string of the molecule is O=C(Nc1ccc2cnn([C@@H]3CN4CCC3CC4)c2c1)N1CCCC1. The number of carbonyl (C=O) groups excluding carboxylic acids is 1. The summed E-state index contributed by atoms with van der Waals surface area (Å²) in [4.78, 5) is 16.8. The maximum Gasteiger partial charge on any atom is 0.321 e. The van der Waals surface area contributed by atoms with Crippen LogP contribution in [0.4, 0.5) is 10.5 Å². The van der Waals surface area contributed by atoms with Gasteiger partial charge < -0.3 is 15.1 Å². The van der Waals surface area contributed by atoms with Gasteiger partial charge in [0, 0.05) is 30.7 Å². The summed E-state index contributed by atoms with van der Waals surface area (Å²) >= 11 is 0. The second-order valence-corrected chi connectivity index (χ2v) is 7.69. The fourth-order valence-electron chi connectivity index (χ4n) is 4.71. The second kappa shape index (κ2) is 6.02. The van der Waals surface area contributed by atoms with Gasteiger partial charge in [-0.1, -0.05) is 0 Å². The van der Waals surface area contributed by atoms with Gasteiger partial charge in [0.25, 0.3) is 0 Å². The minimum absolute atomic E-state index is 0.0192. The fourth-order valence-corrected chi connectivity index (χ4v) is 4.71. The Bertz CT molecular complexity index is 786. The van der Waals surface area contributed by atoms with Crippen LogP contribution in [0, 0.1) is 5.92 Å². The number of anilines is 1. The normalized spacial score (nSPS) is 28.6. The first-order chi connectivity index (χ1) is 12.3. The number of amides is 2. The van der Waals surface area contributed by atoms with Crippen molar-refractivity contribution in [2.24, 2.45) is 5.92 Å². The predicted molar refractivity (Wildman–Crippen MR) is 97.8 cm³/mol. The standard InChI is InChI=1S/C19H25N5O/c25-19(23-7-1-2-8-23)21-16-4-3-15-12-20-24(17(15)11-16)18-13-22-9-5-14(18)6-10-22/h3-4,11-12,14,18H,1-2,5-10,13H2,(H,21,25)/t18-/m1/s1. The number of fused-ring (bicyclic) bond motifs is 4. The minimum atomic E-state index is 0.0192. The van der Waals surface area contributed by atoms with E-state index in [-0.39, 0.29) is 6.03 Å². The lowest BCUT2D eigenvalue weighted by Crippen LogP contribution is -2.48. The van der Waals surface area contributed by atoms with Gasteiger partial charge in [-0.05, 0) is 62.9 Å². The quantitative estimate of drug-likeness (QED) is 0.915. The lowest BCUT2D eigenvalue weighted by molar-refractivity contribution is 0.0534. The van der Waals surface area contributed by atoms with Gasteiger partial charge in [0.2, 0.25) is 0 Å². The molecular formula is C19H25N5O. The molecule has 0 unspecified atom stereocenters. The number of hydrogen-bond donors (Lipinski definition) is 1. The van der Waals surface area contributed by atoms with Crippen LogP contribution in [0.3, 0.4) is 0 Å². The number of hydrogen-bond acceptors (Lipinski definition) is 3. The zero-order valence-corrected chi connectivity index (χ0v) is 14.5. The minimum Gasteiger partial charge on any atom is -0.325 e. The zero-order chi connectivity index (χ0) is 16.8. The average molecular weight is 339 g/mol. The summed E-state index contributed by atoms with van der Waals surface area (Å²) in [5.41, 5.74) is 2.00. The Labute approximate surface area is 147 Å². The van der Waals surface area contributed by atoms with Gasteiger partial charge in [0.05, 0.1) is 17.8 Å². The molecule has 0 radical (unpaired) electrons. The summed E-state index contributed by atoms with van der Waals surface area (Å²) in [5, 5.41) is 8.92. The molecule has 2 amide bonds. The third kappa shape index (κ3) is 2.68. The molecule has 25 heavy (non-hydrogen) atoms. The van der Waals surface area contributed by atoms with Gasteiger partial charge in [-0.2, -0.15) is 5.10 Å². The molecule has 0 spiro atoms. The lowest BCUT2D eigenvalue weighted by atomic mass is 9.84. The van der Waals surface area contributed by atoms with Crippen LogP contribution in [0.15, 0.2) is 24.4 Å². The van der Waals surface area contributed by atoms with Gasteiger partial charge in [0.1, 0.15) is 0 Å². The summed E-state index contributed by atoms with van der Waals surface area (Å²) < 4.78 is 2.21. The summed E-state index contributed by atoms with van der Waals surface area (Å²) in [6, 6.07) is 6.63. The lowest BCUT2D eigenvalue weighted by Gasteiger charge is -2.44. The molecular weight excluding hydrogens is 314 g/mol. The number of nitrogens with zero attached hydrogens (tertiary/aromatic N) is 4. The number of benzene rings is 1. The molecule has 4 aliphatic rings. The highest BCUT2D eigenvalue weighted by Crippen LogP contribution is 2.37. The molecule has 1 aromatic carbocycles. The topological polar surface area (TPSA) is 53.4 Å². The van der Waals surface area contributed by atoms with Crippen LogP contribution < -0.4 is 5.32 Å². The first-order valence-electron chi connectivity index (χ1n) is 9.53. The summed E-state index contributed by atoms with van der Waals surface area (Å²) in [7, 11) is 0. The van der Waals surface area contributed by atoms with E-state index in [1.165, 1.54) is 25.9 Å². The molecule has 1 N–H and O–H groups in total. The van der Waals surface area contributed by atoms with Crippen molar-refractivity contribution in [1.82, 2.24) is 19.6 Å². The number of aromatic nitrogens is 2.